The van der Waals surface area contributed by atoms with Gasteiger partial charge in [0.15, 0.2) is 11.5 Å². The highest BCUT2D eigenvalue weighted by molar-refractivity contribution is 7.86. The van der Waals surface area contributed by atoms with Crippen LogP contribution in [0.2, 0.25) is 0 Å². The minimum absolute atomic E-state index is 0.117. The van der Waals surface area contributed by atoms with Crippen LogP contribution < -0.4 is 8.92 Å². The summed E-state index contributed by atoms with van der Waals surface area (Å²) in [5.74, 6) is -1.56. The Kier molecular flexibility index (Phi) is 4.90. The molecule has 0 aliphatic heterocycles. The molecule has 0 spiro atoms. The minimum atomic E-state index is -3.85. The predicted octanol–water partition coefficient (Wildman–Crippen LogP) is 3.01. The summed E-state index contributed by atoms with van der Waals surface area (Å²) >= 11 is 0. The lowest BCUT2D eigenvalue weighted by molar-refractivity contribution is -0.138. The van der Waals surface area contributed by atoms with Gasteiger partial charge in [-0.2, -0.15) is 8.42 Å². The van der Waals surface area contributed by atoms with Gasteiger partial charge in [-0.1, -0.05) is 30.3 Å². The second-order valence-corrected chi connectivity index (χ2v) is 6.51. The first-order chi connectivity index (χ1) is 10.8. The number of carbonyl (C=O) groups is 1. The van der Waals surface area contributed by atoms with Gasteiger partial charge in [0.05, 0.1) is 12.2 Å². The topological polar surface area (TPSA) is 89.9 Å². The Morgan fingerprint density at radius 1 is 1.09 bits per heavy atom. The molecule has 0 radical (unpaired) electrons. The smallest absolute Gasteiger partial charge is 0.310 e. The molecule has 6 nitrogen and oxygen atoms in total. The van der Waals surface area contributed by atoms with E-state index in [4.69, 9.17) is 8.92 Å². The maximum absolute atomic E-state index is 11.5. The van der Waals surface area contributed by atoms with E-state index in [0.29, 0.717) is 5.75 Å². The standard InChI is InChI=1S/C16H16O6S/c1-11(16(17)18)13-9-6-10-14(15(13)22-23(2,19)20)21-12-7-4-3-5-8-12/h3-11H,1-2H3,(H,17,18)/t11-/m0/s1. The molecule has 0 aliphatic rings. The summed E-state index contributed by atoms with van der Waals surface area (Å²) in [7, 11) is -3.85. The van der Waals surface area contributed by atoms with Crippen molar-refractivity contribution >= 4 is 16.1 Å². The van der Waals surface area contributed by atoms with E-state index < -0.39 is 22.0 Å². The molecule has 0 heterocycles. The predicted molar refractivity (Wildman–Crippen MR) is 84.5 cm³/mol. The number of aliphatic carboxylic acids is 1. The van der Waals surface area contributed by atoms with Crippen LogP contribution in [0.1, 0.15) is 18.4 Å². The second-order valence-electron chi connectivity index (χ2n) is 4.94. The van der Waals surface area contributed by atoms with Gasteiger partial charge in [-0.25, -0.2) is 0 Å². The SMILES string of the molecule is C[C@H](C(=O)O)c1cccc(Oc2ccccc2)c1OS(C)(=O)=O. The number of hydrogen-bond acceptors (Lipinski definition) is 5. The Morgan fingerprint density at radius 2 is 1.74 bits per heavy atom. The summed E-state index contributed by atoms with van der Waals surface area (Å²) in [4.78, 5) is 11.2. The quantitative estimate of drug-likeness (QED) is 0.816. The van der Waals surface area contributed by atoms with Crippen molar-refractivity contribution in [1.29, 1.82) is 0 Å². The van der Waals surface area contributed by atoms with Crippen LogP contribution in [-0.4, -0.2) is 25.7 Å². The van der Waals surface area contributed by atoms with Crippen molar-refractivity contribution in [1.82, 2.24) is 0 Å². The van der Waals surface area contributed by atoms with Gasteiger partial charge < -0.3 is 14.0 Å². The molecule has 2 rings (SSSR count). The van der Waals surface area contributed by atoms with Gasteiger partial charge in [0, 0.05) is 5.56 Å². The molecule has 7 heteroatoms. The molecule has 1 N–H and O–H groups in total. The lowest BCUT2D eigenvalue weighted by atomic mass is 10.00. The van der Waals surface area contributed by atoms with E-state index in [1.54, 1.807) is 30.3 Å². The highest BCUT2D eigenvalue weighted by Crippen LogP contribution is 2.39. The highest BCUT2D eigenvalue weighted by Gasteiger charge is 2.24. The summed E-state index contributed by atoms with van der Waals surface area (Å²) in [6.45, 7) is 1.44. The van der Waals surface area contributed by atoms with E-state index >= 15 is 0 Å². The van der Waals surface area contributed by atoms with Gasteiger partial charge in [-0.05, 0) is 25.1 Å². The Bertz CT molecular complexity index is 799. The van der Waals surface area contributed by atoms with Crippen molar-refractivity contribution in [2.45, 2.75) is 12.8 Å². The normalized spacial score (nSPS) is 12.4. The Labute approximate surface area is 134 Å². The van der Waals surface area contributed by atoms with E-state index in [1.807, 2.05) is 6.07 Å². The average Bonchev–Trinajstić information content (AvgIpc) is 2.48. The number of carboxylic acid groups (broad SMARTS) is 1. The molecule has 2 aromatic rings. The largest absolute Gasteiger partial charge is 0.481 e. The summed E-state index contributed by atoms with van der Waals surface area (Å²) in [6, 6.07) is 13.3. The molecular weight excluding hydrogens is 320 g/mol. The number of hydrogen-bond donors (Lipinski definition) is 1. The van der Waals surface area contributed by atoms with Crippen molar-refractivity contribution in [3.63, 3.8) is 0 Å². The molecule has 0 unspecified atom stereocenters. The third kappa shape index (κ3) is 4.46. The Hall–Kier alpha value is -2.54. The molecule has 0 saturated carbocycles. The Balaban J connectivity index is 2.52. The summed E-state index contributed by atoms with van der Waals surface area (Å²) < 4.78 is 33.7. The van der Waals surface area contributed by atoms with Crippen molar-refractivity contribution < 1.29 is 27.2 Å². The monoisotopic (exact) mass is 336 g/mol. The van der Waals surface area contributed by atoms with Crippen molar-refractivity contribution in [2.75, 3.05) is 6.26 Å². The summed E-state index contributed by atoms with van der Waals surface area (Å²) in [6.07, 6.45) is 0.890. The molecule has 1 atom stereocenters. The fourth-order valence-electron chi connectivity index (χ4n) is 1.94. The molecular formula is C16H16O6S. The number of carboxylic acids is 1. The fourth-order valence-corrected chi connectivity index (χ4v) is 2.42. The second kappa shape index (κ2) is 6.70. The van der Waals surface area contributed by atoms with E-state index in [9.17, 15) is 18.3 Å². The molecule has 0 amide bonds. The molecule has 0 bridgehead atoms. The maximum Gasteiger partial charge on any atom is 0.310 e. The number of para-hydroxylation sites is 2. The van der Waals surface area contributed by atoms with E-state index in [-0.39, 0.29) is 17.1 Å². The third-order valence-electron chi connectivity index (χ3n) is 3.05. The molecule has 0 aliphatic carbocycles. The zero-order chi connectivity index (χ0) is 17.0. The van der Waals surface area contributed by atoms with E-state index in [1.165, 1.54) is 19.1 Å². The first-order valence-electron chi connectivity index (χ1n) is 6.76. The summed E-state index contributed by atoms with van der Waals surface area (Å²) in [5.41, 5.74) is 0.219. The van der Waals surface area contributed by atoms with Crippen LogP contribution in [0.15, 0.2) is 48.5 Å². The number of benzene rings is 2. The van der Waals surface area contributed by atoms with E-state index in [2.05, 4.69) is 0 Å². The summed E-state index contributed by atoms with van der Waals surface area (Å²) in [5, 5.41) is 9.19. The van der Waals surface area contributed by atoms with E-state index in [0.717, 1.165) is 6.26 Å². The molecule has 122 valence electrons. The van der Waals surface area contributed by atoms with Crippen LogP contribution in [-0.2, 0) is 14.9 Å². The van der Waals surface area contributed by atoms with Crippen LogP contribution in [0.5, 0.6) is 17.2 Å². The van der Waals surface area contributed by atoms with Crippen LogP contribution in [0, 0.1) is 0 Å². The Morgan fingerprint density at radius 3 is 2.30 bits per heavy atom. The lowest BCUT2D eigenvalue weighted by Gasteiger charge is -2.17. The zero-order valence-corrected chi connectivity index (χ0v) is 13.4. The molecule has 0 saturated heterocycles. The van der Waals surface area contributed by atoms with Crippen LogP contribution in [0.25, 0.3) is 0 Å². The molecule has 0 aromatic heterocycles. The van der Waals surface area contributed by atoms with Crippen LogP contribution in [0.3, 0.4) is 0 Å². The highest BCUT2D eigenvalue weighted by atomic mass is 32.2. The van der Waals surface area contributed by atoms with Gasteiger partial charge in [0.1, 0.15) is 5.75 Å². The van der Waals surface area contributed by atoms with Gasteiger partial charge in [0.25, 0.3) is 0 Å². The minimum Gasteiger partial charge on any atom is -0.481 e. The fraction of sp³-hybridized carbons (Fsp3) is 0.188. The maximum atomic E-state index is 11.5. The van der Waals surface area contributed by atoms with Gasteiger partial charge in [0.2, 0.25) is 0 Å². The van der Waals surface area contributed by atoms with Gasteiger partial charge in [-0.15, -0.1) is 0 Å². The van der Waals surface area contributed by atoms with Crippen LogP contribution >= 0.6 is 0 Å². The number of rotatable bonds is 6. The van der Waals surface area contributed by atoms with Crippen molar-refractivity contribution in [2.24, 2.45) is 0 Å². The van der Waals surface area contributed by atoms with Crippen LogP contribution in [0.4, 0.5) is 0 Å². The third-order valence-corrected chi connectivity index (χ3v) is 3.52. The molecule has 2 aromatic carbocycles. The van der Waals surface area contributed by atoms with Gasteiger partial charge >= 0.3 is 16.1 Å². The first kappa shape index (κ1) is 16.8. The lowest BCUT2D eigenvalue weighted by Crippen LogP contribution is -2.13. The van der Waals surface area contributed by atoms with Crippen molar-refractivity contribution in [3.8, 4) is 17.2 Å². The molecule has 23 heavy (non-hydrogen) atoms. The van der Waals surface area contributed by atoms with Gasteiger partial charge in [-0.3, -0.25) is 4.79 Å². The number of ether oxygens (including phenoxy) is 1. The average molecular weight is 336 g/mol. The molecule has 0 fully saturated rings. The zero-order valence-electron chi connectivity index (χ0n) is 12.6. The first-order valence-corrected chi connectivity index (χ1v) is 8.57. The van der Waals surface area contributed by atoms with Crippen molar-refractivity contribution in [3.05, 3.63) is 54.1 Å².